The van der Waals surface area contributed by atoms with Crippen molar-refractivity contribution in [2.24, 2.45) is 5.73 Å². The predicted octanol–water partition coefficient (Wildman–Crippen LogP) is 1.21. The highest BCUT2D eigenvalue weighted by Crippen LogP contribution is 2.49. The number of hydrogen-bond acceptors (Lipinski definition) is 2. The molecular formula is C10H16F3N3O. The van der Waals surface area contributed by atoms with Gasteiger partial charge in [-0.3, -0.25) is 0 Å². The Morgan fingerprint density at radius 2 is 1.82 bits per heavy atom. The van der Waals surface area contributed by atoms with Crippen LogP contribution < -0.4 is 11.1 Å². The summed E-state index contributed by atoms with van der Waals surface area (Å²) in [6.07, 6.45) is -2.80. The van der Waals surface area contributed by atoms with Gasteiger partial charge in [0.25, 0.3) is 0 Å². The molecule has 0 unspecified atom stereocenters. The number of urea groups is 1. The second-order valence-corrected chi connectivity index (χ2v) is 4.82. The largest absolute Gasteiger partial charge is 0.406 e. The number of primary amides is 1. The Morgan fingerprint density at radius 1 is 1.29 bits per heavy atom. The molecule has 0 spiro atoms. The van der Waals surface area contributed by atoms with Gasteiger partial charge in [-0.2, -0.15) is 13.2 Å². The number of alkyl halides is 3. The van der Waals surface area contributed by atoms with E-state index in [4.69, 9.17) is 5.73 Å². The highest BCUT2D eigenvalue weighted by molar-refractivity contribution is 5.72. The zero-order chi connectivity index (χ0) is 12.7. The van der Waals surface area contributed by atoms with Crippen molar-refractivity contribution in [3.8, 4) is 0 Å². The van der Waals surface area contributed by atoms with E-state index in [0.29, 0.717) is 25.9 Å². The van der Waals surface area contributed by atoms with Crippen molar-refractivity contribution in [1.29, 1.82) is 0 Å². The first-order valence-electron chi connectivity index (χ1n) is 5.73. The summed E-state index contributed by atoms with van der Waals surface area (Å²) in [5.74, 6) is 0. The van der Waals surface area contributed by atoms with E-state index in [-0.39, 0.29) is 18.9 Å². The number of piperidine rings is 1. The number of nitrogens with one attached hydrogen (secondary N) is 1. The summed E-state index contributed by atoms with van der Waals surface area (Å²) in [5, 5.41) is 2.70. The Kier molecular flexibility index (Phi) is 2.97. The third-order valence-corrected chi connectivity index (χ3v) is 3.58. The highest BCUT2D eigenvalue weighted by atomic mass is 19.4. The lowest BCUT2D eigenvalue weighted by molar-refractivity contribution is -0.168. The van der Waals surface area contributed by atoms with Crippen molar-refractivity contribution in [1.82, 2.24) is 10.2 Å². The van der Waals surface area contributed by atoms with Gasteiger partial charge in [0.05, 0.1) is 0 Å². The first-order valence-corrected chi connectivity index (χ1v) is 5.73. The molecule has 2 amide bonds. The number of rotatable bonds is 2. The lowest BCUT2D eigenvalue weighted by Crippen LogP contribution is -2.54. The van der Waals surface area contributed by atoms with E-state index in [1.807, 2.05) is 0 Å². The van der Waals surface area contributed by atoms with Crippen molar-refractivity contribution in [3.63, 3.8) is 0 Å². The van der Waals surface area contributed by atoms with Gasteiger partial charge in [-0.25, -0.2) is 4.79 Å². The van der Waals surface area contributed by atoms with Crippen LogP contribution in [0, 0.1) is 0 Å². The Bertz CT molecular complexity index is 306. The van der Waals surface area contributed by atoms with Crippen LogP contribution in [-0.2, 0) is 0 Å². The van der Waals surface area contributed by atoms with Gasteiger partial charge in [-0.1, -0.05) is 0 Å². The lowest BCUT2D eigenvalue weighted by Gasteiger charge is -2.34. The van der Waals surface area contributed by atoms with E-state index < -0.39 is 17.7 Å². The fraction of sp³-hybridized carbons (Fsp3) is 0.900. The third kappa shape index (κ3) is 2.48. The molecule has 1 aliphatic heterocycles. The van der Waals surface area contributed by atoms with Crippen molar-refractivity contribution in [3.05, 3.63) is 0 Å². The summed E-state index contributed by atoms with van der Waals surface area (Å²) in [4.78, 5) is 12.3. The van der Waals surface area contributed by atoms with Crippen LogP contribution in [0.5, 0.6) is 0 Å². The maximum Gasteiger partial charge on any atom is 0.406 e. The monoisotopic (exact) mass is 251 g/mol. The number of nitrogens with two attached hydrogens (primary N) is 1. The number of amides is 2. The fourth-order valence-corrected chi connectivity index (χ4v) is 2.27. The number of carbonyl (C=O) groups is 1. The molecule has 2 rings (SSSR count). The standard InChI is InChI=1S/C10H16F3N3O/c11-10(12,13)9(3-4-9)15-7-1-5-16(6-2-7)8(14)17/h7,15H,1-6H2,(H2,14,17). The average molecular weight is 251 g/mol. The van der Waals surface area contributed by atoms with E-state index in [1.54, 1.807) is 0 Å². The zero-order valence-electron chi connectivity index (χ0n) is 9.39. The maximum atomic E-state index is 12.7. The molecule has 0 aromatic rings. The van der Waals surface area contributed by atoms with Crippen molar-refractivity contribution in [2.45, 2.75) is 43.4 Å². The number of likely N-dealkylation sites (tertiary alicyclic amines) is 1. The summed E-state index contributed by atoms with van der Waals surface area (Å²) in [7, 11) is 0. The van der Waals surface area contributed by atoms with Crippen LogP contribution in [0.1, 0.15) is 25.7 Å². The number of halogens is 3. The SMILES string of the molecule is NC(=O)N1CCC(NC2(C(F)(F)F)CC2)CC1. The van der Waals surface area contributed by atoms with Gasteiger partial charge in [0.2, 0.25) is 0 Å². The van der Waals surface area contributed by atoms with Gasteiger partial charge in [0, 0.05) is 19.1 Å². The molecular weight excluding hydrogens is 235 g/mol. The quantitative estimate of drug-likeness (QED) is 0.775. The number of carbonyl (C=O) groups excluding carboxylic acids is 1. The second kappa shape index (κ2) is 4.04. The Labute approximate surface area is 97.3 Å². The van der Waals surface area contributed by atoms with E-state index >= 15 is 0 Å². The van der Waals surface area contributed by atoms with Gasteiger partial charge in [0.1, 0.15) is 5.54 Å². The summed E-state index contributed by atoms with van der Waals surface area (Å²) < 4.78 is 38.1. The summed E-state index contributed by atoms with van der Waals surface area (Å²) in [6, 6.07) is -0.671. The minimum absolute atomic E-state index is 0.159. The lowest BCUT2D eigenvalue weighted by atomic mass is 10.0. The first kappa shape index (κ1) is 12.5. The Hall–Kier alpha value is -0.980. The van der Waals surface area contributed by atoms with E-state index in [2.05, 4.69) is 5.32 Å². The van der Waals surface area contributed by atoms with E-state index in [0.717, 1.165) is 0 Å². The van der Waals surface area contributed by atoms with Crippen LogP contribution in [0.3, 0.4) is 0 Å². The van der Waals surface area contributed by atoms with Crippen molar-refractivity contribution < 1.29 is 18.0 Å². The topological polar surface area (TPSA) is 58.4 Å². The molecule has 1 aliphatic carbocycles. The zero-order valence-corrected chi connectivity index (χ0v) is 9.39. The van der Waals surface area contributed by atoms with Crippen molar-refractivity contribution >= 4 is 6.03 Å². The molecule has 0 atom stereocenters. The van der Waals surface area contributed by atoms with Gasteiger partial charge in [0.15, 0.2) is 0 Å². The van der Waals surface area contributed by atoms with Crippen LogP contribution in [-0.4, -0.2) is 41.8 Å². The molecule has 0 aromatic carbocycles. The molecule has 17 heavy (non-hydrogen) atoms. The molecule has 2 fully saturated rings. The fourth-order valence-electron chi connectivity index (χ4n) is 2.27. The molecule has 7 heteroatoms. The first-order chi connectivity index (χ1) is 7.84. The van der Waals surface area contributed by atoms with Crippen LogP contribution in [0.2, 0.25) is 0 Å². The smallest absolute Gasteiger partial charge is 0.351 e. The average Bonchev–Trinajstić information content (AvgIpc) is 2.98. The summed E-state index contributed by atoms with van der Waals surface area (Å²) >= 11 is 0. The molecule has 1 heterocycles. The molecule has 0 aromatic heterocycles. The molecule has 1 saturated heterocycles. The number of hydrogen-bond donors (Lipinski definition) is 2. The van der Waals surface area contributed by atoms with Gasteiger partial charge in [-0.15, -0.1) is 0 Å². The minimum Gasteiger partial charge on any atom is -0.351 e. The van der Waals surface area contributed by atoms with Crippen LogP contribution in [0.4, 0.5) is 18.0 Å². The molecule has 3 N–H and O–H groups in total. The highest BCUT2D eigenvalue weighted by Gasteiger charge is 2.63. The third-order valence-electron chi connectivity index (χ3n) is 3.58. The molecule has 0 radical (unpaired) electrons. The van der Waals surface area contributed by atoms with Crippen LogP contribution >= 0.6 is 0 Å². The predicted molar refractivity (Wildman–Crippen MR) is 55.3 cm³/mol. The molecule has 2 aliphatic rings. The summed E-state index contributed by atoms with van der Waals surface area (Å²) in [6.45, 7) is 0.863. The van der Waals surface area contributed by atoms with Crippen LogP contribution in [0.25, 0.3) is 0 Å². The van der Waals surface area contributed by atoms with E-state index in [9.17, 15) is 18.0 Å². The molecule has 4 nitrogen and oxygen atoms in total. The summed E-state index contributed by atoms with van der Waals surface area (Å²) in [5.41, 5.74) is 3.45. The Morgan fingerprint density at radius 3 is 2.18 bits per heavy atom. The van der Waals surface area contributed by atoms with Gasteiger partial charge in [-0.05, 0) is 25.7 Å². The van der Waals surface area contributed by atoms with Gasteiger partial charge >= 0.3 is 12.2 Å². The number of nitrogens with zero attached hydrogens (tertiary/aromatic N) is 1. The maximum absolute atomic E-state index is 12.7. The van der Waals surface area contributed by atoms with E-state index in [1.165, 1.54) is 4.90 Å². The molecule has 1 saturated carbocycles. The normalized spacial score (nSPS) is 24.8. The van der Waals surface area contributed by atoms with Crippen molar-refractivity contribution in [2.75, 3.05) is 13.1 Å². The Balaban J connectivity index is 1.85. The van der Waals surface area contributed by atoms with Gasteiger partial charge < -0.3 is 16.0 Å². The minimum atomic E-state index is -4.17. The second-order valence-electron chi connectivity index (χ2n) is 4.82. The molecule has 0 bridgehead atoms. The van der Waals surface area contributed by atoms with Crippen LogP contribution in [0.15, 0.2) is 0 Å². The molecule has 98 valence electrons.